The van der Waals surface area contributed by atoms with Crippen LogP contribution in [0.15, 0.2) is 17.1 Å². The van der Waals surface area contributed by atoms with Gasteiger partial charge in [0.05, 0.1) is 19.3 Å². The van der Waals surface area contributed by atoms with Crippen molar-refractivity contribution in [2.24, 2.45) is 22.9 Å². The lowest BCUT2D eigenvalue weighted by molar-refractivity contribution is -0.331. The number of hydrogen-bond acceptors (Lipinski definition) is 23. The van der Waals surface area contributed by atoms with Crippen LogP contribution in [0.5, 0.6) is 0 Å². The molecule has 26 heteroatoms. The number of aromatic nitrogens is 2. The quantitative estimate of drug-likeness (QED) is 0.0874. The number of anilines is 1. The Bertz CT molecular complexity index is 1480. The normalized spacial score (nSPS) is 46.2. The number of rotatable bonds is 12. The first-order valence-corrected chi connectivity index (χ1v) is 18.0. The van der Waals surface area contributed by atoms with Crippen molar-refractivity contribution in [3.05, 3.63) is 22.7 Å². The van der Waals surface area contributed by atoms with Crippen LogP contribution in [0.25, 0.3) is 0 Å². The number of phosphoric acid groups is 1. The van der Waals surface area contributed by atoms with Gasteiger partial charge in [-0.25, -0.2) is 9.36 Å². The number of aliphatic hydroxyl groups is 8. The van der Waals surface area contributed by atoms with Crippen LogP contribution in [0.2, 0.25) is 0 Å². The van der Waals surface area contributed by atoms with Crippen LogP contribution >= 0.6 is 7.82 Å². The largest absolute Gasteiger partial charge is 0.472 e. The van der Waals surface area contributed by atoms with Gasteiger partial charge in [0.1, 0.15) is 85.2 Å². The SMILES string of the molecule is NC[C@H]1O[C@H](O[C@H]2[C@H](O)[C@@H](O[C@H]3O[C@H](CO)[C@@H](O)[C@H](N)[C@H]3O)[C@H](N)C[C@@H]2N)[C@H](O)[C@@H](O)[C@@H]1OP(=O)(O)OC[C@H]1O[C@@H](n2ccc(N)nc2=O)[C@H](O)[C@@H]1O. The number of ether oxygens (including phenoxy) is 5. The third-order valence-electron chi connectivity index (χ3n) is 9.57. The van der Waals surface area contributed by atoms with Crippen molar-refractivity contribution in [2.45, 2.75) is 123 Å². The van der Waals surface area contributed by atoms with Crippen LogP contribution in [-0.4, -0.2) is 185 Å². The molecule has 1 aromatic rings. The summed E-state index contributed by atoms with van der Waals surface area (Å²) in [5.74, 6) is -0.109. The molecule has 4 aliphatic rings. The first kappa shape index (κ1) is 42.3. The summed E-state index contributed by atoms with van der Waals surface area (Å²) in [4.78, 5) is 26.2. The molecule has 0 bridgehead atoms. The van der Waals surface area contributed by atoms with Gasteiger partial charge in [-0.3, -0.25) is 13.6 Å². The lowest BCUT2D eigenvalue weighted by atomic mass is 9.84. The number of nitrogen functional groups attached to an aromatic ring is 1. The topological polar surface area (TPSA) is 429 Å². The van der Waals surface area contributed by atoms with Crippen LogP contribution < -0.4 is 34.4 Å². The van der Waals surface area contributed by atoms with Gasteiger partial charge in [0.15, 0.2) is 18.8 Å². The molecule has 0 radical (unpaired) electrons. The molecule has 1 aliphatic carbocycles. The standard InChI is InChI=1S/C27H48N7O18P/c28-4-9-23(52-53(44,45)46-6-11-15(37)18(40)24(47-11)34-2-1-12(31)33-27(34)43)17(39)19(41)26(48-9)51-22-8(30)3-7(29)21(20(22)42)50-25-16(38)13(32)14(36)10(5-35)49-25/h1-2,7-11,13-26,35-42H,3-6,28-30,32H2,(H,44,45)(H2,31,33,43)/t7-,8+,9-,10-,11-,13+,14-,15-,16-,17-,18-,19-,20-,21+,22-,23-,24-,25-,26-/m1/s1. The Morgan fingerprint density at radius 1 is 0.811 bits per heavy atom. The second-order valence-electron chi connectivity index (χ2n) is 13.2. The zero-order valence-electron chi connectivity index (χ0n) is 27.9. The Kier molecular flexibility index (Phi) is 13.6. The fourth-order valence-corrected chi connectivity index (χ4v) is 7.55. The zero-order valence-corrected chi connectivity index (χ0v) is 28.8. The summed E-state index contributed by atoms with van der Waals surface area (Å²) >= 11 is 0. The van der Waals surface area contributed by atoms with E-state index in [1.54, 1.807) is 0 Å². The number of aliphatic hydroxyl groups excluding tert-OH is 8. The van der Waals surface area contributed by atoms with E-state index in [9.17, 15) is 55.1 Å². The summed E-state index contributed by atoms with van der Waals surface area (Å²) in [5.41, 5.74) is 28.6. The molecule has 3 saturated heterocycles. The summed E-state index contributed by atoms with van der Waals surface area (Å²) in [6, 6.07) is -2.04. The molecular weight excluding hydrogens is 741 g/mol. The summed E-state index contributed by atoms with van der Waals surface area (Å²) in [7, 11) is -5.19. The van der Waals surface area contributed by atoms with E-state index in [2.05, 4.69) is 4.98 Å². The van der Waals surface area contributed by atoms with Gasteiger partial charge in [-0.1, -0.05) is 0 Å². The molecule has 1 saturated carbocycles. The summed E-state index contributed by atoms with van der Waals surface area (Å²) < 4.78 is 52.0. The summed E-state index contributed by atoms with van der Waals surface area (Å²) in [5, 5.41) is 84.2. The molecule has 53 heavy (non-hydrogen) atoms. The van der Waals surface area contributed by atoms with E-state index in [1.165, 1.54) is 6.07 Å². The molecule has 20 atom stereocenters. The maximum absolute atomic E-state index is 13.0. The fraction of sp³-hybridized carbons (Fsp3) is 0.852. The number of nitrogens with zero attached hydrogens (tertiary/aromatic N) is 2. The molecule has 0 amide bonds. The molecule has 4 fully saturated rings. The van der Waals surface area contributed by atoms with Crippen LogP contribution in [0, 0.1) is 0 Å². The Morgan fingerprint density at radius 2 is 1.42 bits per heavy atom. The molecule has 0 aromatic carbocycles. The van der Waals surface area contributed by atoms with Gasteiger partial charge in [0.25, 0.3) is 0 Å². The van der Waals surface area contributed by atoms with Crippen LogP contribution in [-0.2, 0) is 37.3 Å². The number of nitrogens with two attached hydrogens (primary N) is 5. The number of hydrogen-bond donors (Lipinski definition) is 14. The average molecular weight is 790 g/mol. The van der Waals surface area contributed by atoms with E-state index in [1.807, 2.05) is 0 Å². The minimum atomic E-state index is -5.19. The highest BCUT2D eigenvalue weighted by atomic mass is 31.2. The van der Waals surface area contributed by atoms with Gasteiger partial charge >= 0.3 is 13.5 Å². The van der Waals surface area contributed by atoms with E-state index in [0.717, 1.165) is 10.8 Å². The molecule has 1 unspecified atom stereocenters. The van der Waals surface area contributed by atoms with Gasteiger partial charge in [-0.2, -0.15) is 4.98 Å². The van der Waals surface area contributed by atoms with E-state index < -0.39 is 150 Å². The third kappa shape index (κ3) is 8.91. The van der Waals surface area contributed by atoms with Gasteiger partial charge < -0.3 is 98.1 Å². The van der Waals surface area contributed by atoms with Gasteiger partial charge in [-0.05, 0) is 12.5 Å². The maximum atomic E-state index is 13.0. The van der Waals surface area contributed by atoms with Gasteiger partial charge in [0, 0.05) is 24.8 Å². The van der Waals surface area contributed by atoms with Crippen molar-refractivity contribution in [3.8, 4) is 0 Å². The monoisotopic (exact) mass is 789 g/mol. The summed E-state index contributed by atoms with van der Waals surface area (Å²) in [6.07, 6.45) is -24.6. The highest BCUT2D eigenvalue weighted by Crippen LogP contribution is 2.48. The highest BCUT2D eigenvalue weighted by molar-refractivity contribution is 7.47. The van der Waals surface area contributed by atoms with E-state index in [-0.39, 0.29) is 12.2 Å². The highest BCUT2D eigenvalue weighted by Gasteiger charge is 2.53. The van der Waals surface area contributed by atoms with Crippen molar-refractivity contribution in [1.82, 2.24) is 9.55 Å². The molecule has 19 N–H and O–H groups in total. The average Bonchev–Trinajstić information content (AvgIpc) is 3.38. The Balaban J connectivity index is 1.20. The first-order valence-electron chi connectivity index (χ1n) is 16.5. The maximum Gasteiger partial charge on any atom is 0.472 e. The summed E-state index contributed by atoms with van der Waals surface area (Å²) in [6.45, 7) is -2.03. The first-order chi connectivity index (χ1) is 24.9. The molecular formula is C27H48N7O18P. The van der Waals surface area contributed by atoms with E-state index in [4.69, 9.17) is 61.4 Å². The lowest BCUT2D eigenvalue weighted by Crippen LogP contribution is -2.68. The fourth-order valence-electron chi connectivity index (χ4n) is 6.58. The molecule has 0 spiro atoms. The lowest BCUT2D eigenvalue weighted by Gasteiger charge is -2.48. The Morgan fingerprint density at radius 3 is 2.00 bits per heavy atom. The molecule has 25 nitrogen and oxygen atoms in total. The van der Waals surface area contributed by atoms with E-state index >= 15 is 0 Å². The minimum absolute atomic E-state index is 0.0550. The predicted molar refractivity (Wildman–Crippen MR) is 171 cm³/mol. The smallest absolute Gasteiger partial charge is 0.394 e. The van der Waals surface area contributed by atoms with E-state index in [0.29, 0.717) is 0 Å². The molecule has 304 valence electrons. The van der Waals surface area contributed by atoms with Crippen molar-refractivity contribution in [2.75, 3.05) is 25.5 Å². The van der Waals surface area contributed by atoms with Crippen molar-refractivity contribution in [3.63, 3.8) is 0 Å². The van der Waals surface area contributed by atoms with Crippen LogP contribution in [0.1, 0.15) is 12.6 Å². The van der Waals surface area contributed by atoms with Crippen molar-refractivity contribution in [1.29, 1.82) is 0 Å². The Hall–Kier alpha value is -1.89. The molecule has 3 aliphatic heterocycles. The zero-order chi connectivity index (χ0) is 39.1. The minimum Gasteiger partial charge on any atom is -0.394 e. The van der Waals surface area contributed by atoms with Crippen LogP contribution in [0.3, 0.4) is 0 Å². The van der Waals surface area contributed by atoms with Gasteiger partial charge in [0.2, 0.25) is 0 Å². The van der Waals surface area contributed by atoms with Gasteiger partial charge in [-0.15, -0.1) is 0 Å². The Labute approximate surface area is 300 Å². The second kappa shape index (κ2) is 17.1. The van der Waals surface area contributed by atoms with Crippen molar-refractivity contribution < 1.29 is 83.0 Å². The van der Waals surface area contributed by atoms with Crippen molar-refractivity contribution >= 4 is 13.6 Å². The van der Waals surface area contributed by atoms with Crippen LogP contribution in [0.4, 0.5) is 5.82 Å². The molecule has 1 aromatic heterocycles. The second-order valence-corrected chi connectivity index (χ2v) is 14.6. The predicted octanol–water partition coefficient (Wildman–Crippen LogP) is -8.69. The third-order valence-corrected chi connectivity index (χ3v) is 10.6. The number of phosphoric ester groups is 1. The molecule has 5 rings (SSSR count). The molecule has 4 heterocycles.